The number of carbonyl (C=O) groups excluding carboxylic acids is 1. The average Bonchev–Trinajstić information content (AvgIpc) is 2.54. The van der Waals surface area contributed by atoms with E-state index in [0.29, 0.717) is 24.5 Å². The van der Waals surface area contributed by atoms with Gasteiger partial charge < -0.3 is 0 Å². The molecule has 19 heavy (non-hydrogen) atoms. The van der Waals surface area contributed by atoms with E-state index in [1.165, 1.54) is 6.26 Å². The van der Waals surface area contributed by atoms with Crippen LogP contribution in [0.2, 0.25) is 0 Å². The van der Waals surface area contributed by atoms with E-state index in [1.54, 1.807) is 11.8 Å². The summed E-state index contributed by atoms with van der Waals surface area (Å²) in [5, 5.41) is -0.401. The molecule has 1 saturated carbocycles. The van der Waals surface area contributed by atoms with E-state index >= 15 is 0 Å². The highest BCUT2D eigenvalue weighted by Crippen LogP contribution is 2.25. The van der Waals surface area contributed by atoms with Crippen molar-refractivity contribution in [1.82, 2.24) is 4.90 Å². The van der Waals surface area contributed by atoms with Gasteiger partial charge in [-0.15, -0.1) is 0 Å². The monoisotopic (exact) mass is 305 g/mol. The van der Waals surface area contributed by atoms with E-state index in [9.17, 15) is 13.2 Å². The predicted molar refractivity (Wildman–Crippen MR) is 79.1 cm³/mol. The highest BCUT2D eigenvalue weighted by molar-refractivity contribution is 8.00. The maximum absolute atomic E-state index is 12.1. The van der Waals surface area contributed by atoms with E-state index in [4.69, 9.17) is 0 Å². The van der Waals surface area contributed by atoms with Gasteiger partial charge in [0.1, 0.15) is 11.2 Å². The summed E-state index contributed by atoms with van der Waals surface area (Å²) < 4.78 is 23.7. The number of hydrogen-bond donors (Lipinski definition) is 0. The van der Waals surface area contributed by atoms with Crippen LogP contribution in [0.4, 0.5) is 0 Å². The third-order valence-corrected chi connectivity index (χ3v) is 6.76. The van der Waals surface area contributed by atoms with Gasteiger partial charge in [-0.3, -0.25) is 9.69 Å². The molecular formula is C13H23NO3S2. The molecule has 2 atom stereocenters. The number of hydrogen-bond acceptors (Lipinski definition) is 5. The van der Waals surface area contributed by atoms with Gasteiger partial charge in [-0.25, -0.2) is 8.42 Å². The van der Waals surface area contributed by atoms with Crippen LogP contribution in [-0.2, 0) is 14.6 Å². The smallest absolute Gasteiger partial charge is 0.164 e. The molecule has 4 nitrogen and oxygen atoms in total. The molecule has 2 unspecified atom stereocenters. The maximum atomic E-state index is 12.1. The third kappa shape index (κ3) is 4.20. The standard InChI is InChI=1S/C13H23NO3S2/c1-19(16,17)13-10-18-8-7-14(13)9-11-5-3-2-4-6-12(11)15/h11,13H,2-10H2,1H3. The van der Waals surface area contributed by atoms with Gasteiger partial charge in [-0.2, -0.15) is 11.8 Å². The quantitative estimate of drug-likeness (QED) is 0.741. The van der Waals surface area contributed by atoms with Gasteiger partial charge in [-0.05, 0) is 12.8 Å². The SMILES string of the molecule is CS(=O)(=O)C1CSCCN1CC1CCCCCC1=O. The summed E-state index contributed by atoms with van der Waals surface area (Å²) in [4.78, 5) is 14.1. The van der Waals surface area contributed by atoms with Crippen molar-refractivity contribution in [2.24, 2.45) is 5.92 Å². The molecule has 1 saturated heterocycles. The fraction of sp³-hybridized carbons (Fsp3) is 0.923. The Balaban J connectivity index is 2.04. The minimum absolute atomic E-state index is 0.0508. The molecule has 0 aromatic heterocycles. The molecule has 0 aromatic carbocycles. The van der Waals surface area contributed by atoms with Crippen LogP contribution in [0.1, 0.15) is 32.1 Å². The fourth-order valence-electron chi connectivity index (χ4n) is 2.93. The molecule has 2 rings (SSSR count). The molecule has 110 valence electrons. The Morgan fingerprint density at radius 2 is 2.11 bits per heavy atom. The first-order valence-corrected chi connectivity index (χ1v) is 10.1. The second kappa shape index (κ2) is 6.59. The van der Waals surface area contributed by atoms with Gasteiger partial charge in [-0.1, -0.05) is 12.8 Å². The van der Waals surface area contributed by atoms with Crippen LogP contribution in [0.3, 0.4) is 0 Å². The van der Waals surface area contributed by atoms with Gasteiger partial charge >= 0.3 is 0 Å². The summed E-state index contributed by atoms with van der Waals surface area (Å²) in [7, 11) is -3.06. The van der Waals surface area contributed by atoms with Crippen molar-refractivity contribution >= 4 is 27.4 Å². The lowest BCUT2D eigenvalue weighted by atomic mass is 9.98. The number of thioether (sulfide) groups is 1. The maximum Gasteiger partial charge on any atom is 0.164 e. The highest BCUT2D eigenvalue weighted by atomic mass is 32.2. The van der Waals surface area contributed by atoms with Crippen molar-refractivity contribution < 1.29 is 13.2 Å². The summed E-state index contributed by atoms with van der Waals surface area (Å²) >= 11 is 1.69. The molecular weight excluding hydrogens is 282 g/mol. The van der Waals surface area contributed by atoms with Crippen LogP contribution in [0.25, 0.3) is 0 Å². The van der Waals surface area contributed by atoms with Crippen molar-refractivity contribution in [2.75, 3.05) is 30.9 Å². The Morgan fingerprint density at radius 1 is 1.32 bits per heavy atom. The largest absolute Gasteiger partial charge is 0.299 e. The van der Waals surface area contributed by atoms with Crippen LogP contribution in [0.5, 0.6) is 0 Å². The molecule has 1 heterocycles. The molecule has 2 aliphatic rings. The van der Waals surface area contributed by atoms with Crippen molar-refractivity contribution in [3.63, 3.8) is 0 Å². The number of nitrogens with zero attached hydrogens (tertiary/aromatic N) is 1. The zero-order chi connectivity index (χ0) is 13.9. The molecule has 0 aromatic rings. The van der Waals surface area contributed by atoms with E-state index in [2.05, 4.69) is 0 Å². The first-order chi connectivity index (χ1) is 8.98. The fourth-order valence-corrected chi connectivity index (χ4v) is 5.88. The Bertz CT molecular complexity index is 422. The van der Waals surface area contributed by atoms with Gasteiger partial charge in [0.25, 0.3) is 0 Å². The summed E-state index contributed by atoms with van der Waals surface area (Å²) in [5.41, 5.74) is 0. The Labute approximate surface area is 120 Å². The first kappa shape index (κ1) is 15.3. The Kier molecular flexibility index (Phi) is 5.31. The number of carbonyl (C=O) groups is 1. The highest BCUT2D eigenvalue weighted by Gasteiger charge is 2.33. The molecule has 0 bridgehead atoms. The van der Waals surface area contributed by atoms with Gasteiger partial charge in [0.15, 0.2) is 9.84 Å². The number of sulfone groups is 1. The second-order valence-corrected chi connectivity index (χ2v) is 8.97. The molecule has 0 radical (unpaired) electrons. The van der Waals surface area contributed by atoms with Crippen LogP contribution in [0, 0.1) is 5.92 Å². The number of ketones is 1. The summed E-state index contributed by atoms with van der Waals surface area (Å²) in [6.07, 6.45) is 6.15. The molecule has 0 N–H and O–H groups in total. The number of rotatable bonds is 3. The van der Waals surface area contributed by atoms with Gasteiger partial charge in [0, 0.05) is 43.2 Å². The van der Waals surface area contributed by atoms with Crippen LogP contribution in [-0.4, -0.2) is 55.3 Å². The zero-order valence-corrected chi connectivity index (χ0v) is 13.1. The van der Waals surface area contributed by atoms with E-state index in [0.717, 1.165) is 38.0 Å². The van der Waals surface area contributed by atoms with Gasteiger partial charge in [0.2, 0.25) is 0 Å². The predicted octanol–water partition coefficient (Wildman–Crippen LogP) is 1.56. The summed E-state index contributed by atoms with van der Waals surface area (Å²) in [6, 6.07) is 0. The van der Waals surface area contributed by atoms with Gasteiger partial charge in [0.05, 0.1) is 0 Å². The first-order valence-electron chi connectivity index (χ1n) is 7.02. The summed E-state index contributed by atoms with van der Waals surface area (Å²) in [6.45, 7) is 1.42. The number of Topliss-reactive ketones (excluding diaryl/α,β-unsaturated/α-hetero) is 1. The summed E-state index contributed by atoms with van der Waals surface area (Å²) in [5.74, 6) is 1.99. The topological polar surface area (TPSA) is 54.5 Å². The van der Waals surface area contributed by atoms with E-state index in [-0.39, 0.29) is 5.92 Å². The molecule has 6 heteroatoms. The van der Waals surface area contributed by atoms with Crippen molar-refractivity contribution in [3.05, 3.63) is 0 Å². The second-order valence-electron chi connectivity index (χ2n) is 5.62. The normalized spacial score (nSPS) is 31.1. The van der Waals surface area contributed by atoms with E-state index in [1.807, 2.05) is 4.90 Å². The average molecular weight is 305 g/mol. The minimum atomic E-state index is -3.06. The lowest BCUT2D eigenvalue weighted by molar-refractivity contribution is -0.123. The lowest BCUT2D eigenvalue weighted by Crippen LogP contribution is -2.49. The molecule has 0 amide bonds. The van der Waals surface area contributed by atoms with Crippen LogP contribution >= 0.6 is 11.8 Å². The molecule has 2 fully saturated rings. The molecule has 1 aliphatic carbocycles. The van der Waals surface area contributed by atoms with E-state index < -0.39 is 15.2 Å². The lowest BCUT2D eigenvalue weighted by Gasteiger charge is -2.35. The molecule has 0 spiro atoms. The van der Waals surface area contributed by atoms with Crippen LogP contribution < -0.4 is 0 Å². The van der Waals surface area contributed by atoms with Crippen molar-refractivity contribution in [1.29, 1.82) is 0 Å². The third-order valence-electron chi connectivity index (χ3n) is 4.07. The zero-order valence-electron chi connectivity index (χ0n) is 11.5. The Morgan fingerprint density at radius 3 is 2.84 bits per heavy atom. The van der Waals surface area contributed by atoms with Crippen LogP contribution in [0.15, 0.2) is 0 Å². The molecule has 1 aliphatic heterocycles. The minimum Gasteiger partial charge on any atom is -0.299 e. The van der Waals surface area contributed by atoms with Crippen molar-refractivity contribution in [2.45, 2.75) is 37.5 Å². The van der Waals surface area contributed by atoms with Crippen molar-refractivity contribution in [3.8, 4) is 0 Å². The Hall–Kier alpha value is -0.0700.